The summed E-state index contributed by atoms with van der Waals surface area (Å²) in [6.07, 6.45) is 10.1. The van der Waals surface area contributed by atoms with Crippen molar-refractivity contribution in [2.24, 2.45) is 5.73 Å². The molecule has 2 aromatic carbocycles. The summed E-state index contributed by atoms with van der Waals surface area (Å²) in [6.45, 7) is 6.42. The fraction of sp³-hybridized carbons (Fsp3) is 0.364. The number of ketones is 1. The molecule has 20 nitrogen and oxygen atoms in total. The molecule has 0 unspecified atom stereocenters. The number of nitrogens with zero attached hydrogens (tertiary/aromatic N) is 12. The van der Waals surface area contributed by atoms with Crippen molar-refractivity contribution < 1.29 is 23.5 Å². The molecule has 2 aliphatic heterocycles. The Morgan fingerprint density at radius 3 is 2.23 bits per heavy atom. The number of piperazine rings is 1. The number of ether oxygens (including phenoxy) is 2. The number of carbonyl (C=O) groups excluding carboxylic acids is 2. The van der Waals surface area contributed by atoms with E-state index in [0.29, 0.717) is 117 Å². The molecule has 0 radical (unpaired) electrons. The number of rotatable bonds is 17. The summed E-state index contributed by atoms with van der Waals surface area (Å²) in [4.78, 5) is 62.7. The van der Waals surface area contributed by atoms with Crippen LogP contribution in [0.3, 0.4) is 0 Å². The minimum Gasteiger partial charge on any atom is -0.424 e. The van der Waals surface area contributed by atoms with Gasteiger partial charge in [-0.1, -0.05) is 18.2 Å². The van der Waals surface area contributed by atoms with Gasteiger partial charge in [0.15, 0.2) is 17.0 Å². The molecule has 5 aromatic heterocycles. The van der Waals surface area contributed by atoms with Gasteiger partial charge in [-0.05, 0) is 47.7 Å². The van der Waals surface area contributed by atoms with Crippen LogP contribution in [0.25, 0.3) is 33.4 Å². The molecular weight excluding hydrogens is 819 g/mol. The Morgan fingerprint density at radius 2 is 1.48 bits per heavy atom. The normalized spacial score (nSPS) is 14.1. The van der Waals surface area contributed by atoms with Crippen LogP contribution in [0, 0.1) is 0 Å². The van der Waals surface area contributed by atoms with Gasteiger partial charge in [-0.3, -0.25) is 9.59 Å². The lowest BCUT2D eigenvalue weighted by Gasteiger charge is -2.34. The SMILES string of the molecule is NCc1cnc(N2CCN(c3ncc(C(=O)CCCOCCOCCC(=O)N4CCc5cc(Cn6nc(-c7ccc8oc(N)nc8c7)c7c(N)ncnc76)ccc5C4)cn3)CC2)nc1. The Bertz CT molecular complexity index is 2750. The number of oxazole rings is 1. The molecule has 7 heterocycles. The lowest BCUT2D eigenvalue weighted by Crippen LogP contribution is -2.47. The van der Waals surface area contributed by atoms with Gasteiger partial charge in [0, 0.05) is 94.8 Å². The molecule has 0 aliphatic carbocycles. The van der Waals surface area contributed by atoms with Crippen molar-refractivity contribution >= 4 is 57.6 Å². The zero-order valence-corrected chi connectivity index (χ0v) is 35.3. The van der Waals surface area contributed by atoms with Crippen LogP contribution in [0.1, 0.15) is 51.9 Å². The summed E-state index contributed by atoms with van der Waals surface area (Å²) in [7, 11) is 0. The van der Waals surface area contributed by atoms with Crippen LogP contribution < -0.4 is 27.0 Å². The highest BCUT2D eigenvalue weighted by atomic mass is 16.5. The van der Waals surface area contributed by atoms with E-state index < -0.39 is 0 Å². The van der Waals surface area contributed by atoms with Crippen LogP contribution in [0.2, 0.25) is 0 Å². The zero-order chi connectivity index (χ0) is 44.0. The molecule has 1 amide bonds. The first-order valence-electron chi connectivity index (χ1n) is 21.3. The van der Waals surface area contributed by atoms with E-state index in [4.69, 9.17) is 36.2 Å². The molecular formula is C44H49N15O5. The predicted molar refractivity (Wildman–Crippen MR) is 238 cm³/mol. The van der Waals surface area contributed by atoms with Gasteiger partial charge in [0.1, 0.15) is 23.4 Å². The first-order chi connectivity index (χ1) is 31.3. The predicted octanol–water partition coefficient (Wildman–Crippen LogP) is 3.18. The summed E-state index contributed by atoms with van der Waals surface area (Å²) < 4.78 is 18.7. The highest BCUT2D eigenvalue weighted by molar-refractivity contribution is 5.99. The number of hydrogen-bond donors (Lipinski definition) is 3. The lowest BCUT2D eigenvalue weighted by atomic mass is 9.97. The van der Waals surface area contributed by atoms with Gasteiger partial charge >= 0.3 is 0 Å². The van der Waals surface area contributed by atoms with Crippen molar-refractivity contribution in [3.63, 3.8) is 0 Å². The molecule has 1 saturated heterocycles. The second-order valence-corrected chi connectivity index (χ2v) is 15.7. The van der Waals surface area contributed by atoms with E-state index in [1.807, 2.05) is 21.7 Å². The average molecular weight is 868 g/mol. The smallest absolute Gasteiger partial charge is 0.292 e. The van der Waals surface area contributed by atoms with Gasteiger partial charge in [0.25, 0.3) is 6.01 Å². The number of Topliss-reactive ketones (excluding diaryl/α,β-unsaturated/α-hetero) is 1. The Morgan fingerprint density at radius 1 is 0.750 bits per heavy atom. The summed E-state index contributed by atoms with van der Waals surface area (Å²) in [5.74, 6) is 1.63. The number of hydrogen-bond acceptors (Lipinski definition) is 18. The van der Waals surface area contributed by atoms with Gasteiger partial charge < -0.3 is 45.8 Å². The molecule has 7 aromatic rings. The number of carbonyl (C=O) groups is 2. The number of aromatic nitrogens is 9. The number of amides is 1. The maximum absolute atomic E-state index is 13.1. The van der Waals surface area contributed by atoms with Crippen LogP contribution in [0.15, 0.2) is 71.9 Å². The van der Waals surface area contributed by atoms with Crippen molar-refractivity contribution in [2.75, 3.05) is 80.4 Å². The maximum atomic E-state index is 13.1. The van der Waals surface area contributed by atoms with Crippen molar-refractivity contribution in [3.8, 4) is 11.3 Å². The molecule has 2 aliphatic rings. The molecule has 0 bridgehead atoms. The van der Waals surface area contributed by atoms with Gasteiger partial charge in [-0.15, -0.1) is 0 Å². The summed E-state index contributed by atoms with van der Waals surface area (Å²) in [6, 6.07) is 12.0. The maximum Gasteiger partial charge on any atom is 0.292 e. The Labute approximate surface area is 367 Å². The van der Waals surface area contributed by atoms with E-state index >= 15 is 0 Å². The minimum atomic E-state index is -0.0295. The van der Waals surface area contributed by atoms with Crippen LogP contribution >= 0.6 is 0 Å². The van der Waals surface area contributed by atoms with Gasteiger partial charge in [-0.25, -0.2) is 34.6 Å². The van der Waals surface area contributed by atoms with E-state index in [-0.39, 0.29) is 24.1 Å². The van der Waals surface area contributed by atoms with Crippen molar-refractivity contribution in [1.82, 2.24) is 49.6 Å². The van der Waals surface area contributed by atoms with E-state index in [1.165, 1.54) is 11.9 Å². The van der Waals surface area contributed by atoms with Crippen LogP contribution in [0.5, 0.6) is 0 Å². The Hall–Kier alpha value is -7.16. The number of benzene rings is 2. The van der Waals surface area contributed by atoms with E-state index in [2.05, 4.69) is 62.9 Å². The molecule has 0 spiro atoms. The van der Waals surface area contributed by atoms with Crippen molar-refractivity contribution in [2.45, 2.75) is 45.3 Å². The van der Waals surface area contributed by atoms with E-state index in [0.717, 1.165) is 54.9 Å². The number of nitrogen functional groups attached to an aromatic ring is 2. The third-order valence-corrected chi connectivity index (χ3v) is 11.5. The van der Waals surface area contributed by atoms with Crippen LogP contribution in [-0.4, -0.2) is 120 Å². The zero-order valence-electron chi connectivity index (χ0n) is 35.3. The quantitative estimate of drug-likeness (QED) is 0.0877. The highest BCUT2D eigenvalue weighted by Crippen LogP contribution is 2.33. The molecule has 0 atom stereocenters. The van der Waals surface area contributed by atoms with Crippen LogP contribution in [0.4, 0.5) is 23.7 Å². The number of nitrogens with two attached hydrogens (primary N) is 3. The second-order valence-electron chi connectivity index (χ2n) is 15.7. The monoisotopic (exact) mass is 867 g/mol. The van der Waals surface area contributed by atoms with Gasteiger partial charge in [0.05, 0.1) is 43.7 Å². The standard InChI is InChI=1S/C44H49N15O5/c45-20-29-21-48-43(49-22-29)56-10-12-57(13-11-56)44-50-23-33(24-51-44)35(60)2-1-14-62-16-17-63-15-8-37(61)58-9-7-30-18-28(3-4-32(30)26-58)25-59-41-38(40(46)52-27-53-41)39(55-59)31-5-6-36-34(19-31)54-42(47)64-36/h3-6,18-19,21-24,27H,1-2,7-17,20,25-26,45H2,(H2,47,54)(H2,46,52,53). The summed E-state index contributed by atoms with van der Waals surface area (Å²) >= 11 is 0. The lowest BCUT2D eigenvalue weighted by molar-refractivity contribution is -0.133. The molecule has 330 valence electrons. The molecule has 9 rings (SSSR count). The molecule has 6 N–H and O–H groups in total. The average Bonchev–Trinajstić information content (AvgIpc) is 3.90. The number of fused-ring (bicyclic) bond motifs is 3. The third-order valence-electron chi connectivity index (χ3n) is 11.5. The molecule has 0 saturated carbocycles. The van der Waals surface area contributed by atoms with Crippen molar-refractivity contribution in [3.05, 3.63) is 95.3 Å². The van der Waals surface area contributed by atoms with Gasteiger partial charge in [0.2, 0.25) is 17.8 Å². The summed E-state index contributed by atoms with van der Waals surface area (Å²) in [5.41, 5.74) is 25.8. The summed E-state index contributed by atoms with van der Waals surface area (Å²) in [5, 5.41) is 5.58. The largest absolute Gasteiger partial charge is 0.424 e. The van der Waals surface area contributed by atoms with E-state index in [9.17, 15) is 9.59 Å². The first-order valence-corrected chi connectivity index (χ1v) is 21.3. The van der Waals surface area contributed by atoms with E-state index in [1.54, 1.807) is 30.9 Å². The van der Waals surface area contributed by atoms with Crippen molar-refractivity contribution in [1.29, 1.82) is 0 Å². The fourth-order valence-electron chi connectivity index (χ4n) is 8.00. The third kappa shape index (κ3) is 9.43. The first kappa shape index (κ1) is 42.2. The minimum absolute atomic E-state index is 0.0295. The number of anilines is 4. The molecule has 1 fully saturated rings. The molecule has 64 heavy (non-hydrogen) atoms. The van der Waals surface area contributed by atoms with Crippen LogP contribution in [-0.2, 0) is 40.3 Å². The Balaban J connectivity index is 0.666. The topological polar surface area (TPSA) is 262 Å². The highest BCUT2D eigenvalue weighted by Gasteiger charge is 2.24. The second kappa shape index (κ2) is 19.1. The van der Waals surface area contributed by atoms with Gasteiger partial charge in [-0.2, -0.15) is 10.1 Å². The Kier molecular flexibility index (Phi) is 12.6. The fourth-order valence-corrected chi connectivity index (χ4v) is 8.00. The molecule has 20 heteroatoms.